The van der Waals surface area contributed by atoms with Gasteiger partial charge in [0.1, 0.15) is 5.82 Å². The van der Waals surface area contributed by atoms with Crippen LogP contribution >= 0.6 is 0 Å². The number of amides is 1. The Labute approximate surface area is 147 Å². The number of carbonyl (C=O) groups excluding carboxylic acids is 1. The molecule has 2 fully saturated rings. The van der Waals surface area contributed by atoms with Gasteiger partial charge in [-0.15, -0.1) is 0 Å². The molecule has 25 heavy (non-hydrogen) atoms. The molecule has 1 N–H and O–H groups in total. The molecular weight excluding hydrogens is 316 g/mol. The van der Waals surface area contributed by atoms with Crippen LogP contribution in [-0.2, 0) is 4.79 Å². The van der Waals surface area contributed by atoms with Crippen molar-refractivity contribution >= 4 is 11.7 Å². The molecule has 3 heterocycles. The Kier molecular flexibility index (Phi) is 4.63. The number of nitrogens with one attached hydrogen (secondary N) is 1. The first-order valence-electron chi connectivity index (χ1n) is 9.10. The normalized spacial score (nSPS) is 24.4. The van der Waals surface area contributed by atoms with Crippen molar-refractivity contribution in [3.63, 3.8) is 0 Å². The lowest BCUT2D eigenvalue weighted by Crippen LogP contribution is -2.45. The molecule has 0 aromatic carbocycles. The van der Waals surface area contributed by atoms with E-state index >= 15 is 0 Å². The standard InChI is InChI=1S/C18H24N6O/c25-18(22-15-2-1-3-16(15)24-11-8-20-13-24)14-4-9-23(10-5-14)17-12-19-6-7-21-17/h6-8,11-16H,1-5,9-10H2,(H,22,25)/t15-,16+/m1/s1. The van der Waals surface area contributed by atoms with Gasteiger partial charge < -0.3 is 14.8 Å². The lowest BCUT2D eigenvalue weighted by molar-refractivity contribution is -0.126. The van der Waals surface area contributed by atoms with Gasteiger partial charge in [-0.1, -0.05) is 0 Å². The number of nitrogens with zero attached hydrogens (tertiary/aromatic N) is 5. The smallest absolute Gasteiger partial charge is 0.223 e. The predicted octanol–water partition coefficient (Wildman–Crippen LogP) is 1.80. The van der Waals surface area contributed by atoms with Gasteiger partial charge in [-0.2, -0.15) is 0 Å². The van der Waals surface area contributed by atoms with Crippen LogP contribution in [0.5, 0.6) is 0 Å². The van der Waals surface area contributed by atoms with E-state index in [-0.39, 0.29) is 17.9 Å². The third kappa shape index (κ3) is 3.50. The predicted molar refractivity (Wildman–Crippen MR) is 94.0 cm³/mol. The molecule has 1 aliphatic heterocycles. The third-order valence-electron chi connectivity index (χ3n) is 5.45. The van der Waals surface area contributed by atoms with Crippen LogP contribution in [-0.4, -0.2) is 44.6 Å². The van der Waals surface area contributed by atoms with Gasteiger partial charge in [0.05, 0.1) is 18.6 Å². The van der Waals surface area contributed by atoms with Gasteiger partial charge in [-0.05, 0) is 32.1 Å². The highest BCUT2D eigenvalue weighted by Gasteiger charge is 2.32. The average Bonchev–Trinajstić information content (AvgIpc) is 3.34. The molecule has 2 aromatic rings. The van der Waals surface area contributed by atoms with E-state index in [1.807, 2.05) is 12.5 Å². The van der Waals surface area contributed by atoms with Crippen molar-refractivity contribution in [1.82, 2.24) is 24.8 Å². The van der Waals surface area contributed by atoms with Crippen LogP contribution in [0, 0.1) is 5.92 Å². The Morgan fingerprint density at radius 2 is 1.96 bits per heavy atom. The number of carbonyl (C=O) groups is 1. The molecule has 1 aliphatic carbocycles. The zero-order valence-electron chi connectivity index (χ0n) is 14.3. The van der Waals surface area contributed by atoms with E-state index in [2.05, 4.69) is 29.7 Å². The summed E-state index contributed by atoms with van der Waals surface area (Å²) in [6, 6.07) is 0.561. The number of hydrogen-bond donors (Lipinski definition) is 1. The van der Waals surface area contributed by atoms with E-state index in [9.17, 15) is 4.79 Å². The Morgan fingerprint density at radius 1 is 1.08 bits per heavy atom. The van der Waals surface area contributed by atoms with Crippen molar-refractivity contribution in [2.75, 3.05) is 18.0 Å². The van der Waals surface area contributed by atoms with Crippen molar-refractivity contribution in [2.24, 2.45) is 5.92 Å². The fraction of sp³-hybridized carbons (Fsp3) is 0.556. The minimum absolute atomic E-state index is 0.0944. The van der Waals surface area contributed by atoms with Gasteiger partial charge >= 0.3 is 0 Å². The molecule has 0 bridgehead atoms. The van der Waals surface area contributed by atoms with Crippen LogP contribution in [0.25, 0.3) is 0 Å². The Morgan fingerprint density at radius 3 is 2.68 bits per heavy atom. The van der Waals surface area contributed by atoms with Crippen molar-refractivity contribution in [3.8, 4) is 0 Å². The minimum atomic E-state index is 0.0944. The largest absolute Gasteiger partial charge is 0.355 e. The minimum Gasteiger partial charge on any atom is -0.355 e. The molecule has 0 spiro atoms. The summed E-state index contributed by atoms with van der Waals surface area (Å²) in [5, 5.41) is 3.31. The van der Waals surface area contributed by atoms with Crippen molar-refractivity contribution in [3.05, 3.63) is 37.3 Å². The number of piperidine rings is 1. The van der Waals surface area contributed by atoms with Crippen LogP contribution in [0.15, 0.2) is 37.3 Å². The lowest BCUT2D eigenvalue weighted by atomic mass is 9.95. The lowest BCUT2D eigenvalue weighted by Gasteiger charge is -2.33. The van der Waals surface area contributed by atoms with Crippen LogP contribution in [0.3, 0.4) is 0 Å². The van der Waals surface area contributed by atoms with Crippen LogP contribution in [0.2, 0.25) is 0 Å². The second-order valence-electron chi connectivity index (χ2n) is 6.95. The first-order chi connectivity index (χ1) is 12.3. The number of imidazole rings is 1. The van der Waals surface area contributed by atoms with Gasteiger partial charge in [0.15, 0.2) is 0 Å². The summed E-state index contributed by atoms with van der Waals surface area (Å²) in [5.74, 6) is 1.20. The highest BCUT2D eigenvalue weighted by Crippen LogP contribution is 2.30. The van der Waals surface area contributed by atoms with Crippen LogP contribution in [0.4, 0.5) is 5.82 Å². The van der Waals surface area contributed by atoms with Crippen LogP contribution in [0.1, 0.15) is 38.1 Å². The molecule has 2 atom stereocenters. The second kappa shape index (κ2) is 7.21. The zero-order valence-corrected chi connectivity index (χ0v) is 14.3. The average molecular weight is 340 g/mol. The van der Waals surface area contributed by atoms with E-state index in [1.54, 1.807) is 24.8 Å². The summed E-state index contributed by atoms with van der Waals surface area (Å²) in [6.07, 6.45) is 15.9. The molecule has 1 amide bonds. The molecular formula is C18H24N6O. The molecule has 2 aromatic heterocycles. The van der Waals surface area contributed by atoms with Crippen molar-refractivity contribution in [1.29, 1.82) is 0 Å². The Hall–Kier alpha value is -2.44. The Bertz CT molecular complexity index is 681. The first-order valence-corrected chi connectivity index (χ1v) is 9.10. The fourth-order valence-corrected chi connectivity index (χ4v) is 4.06. The molecule has 0 unspecified atom stereocenters. The summed E-state index contributed by atoms with van der Waals surface area (Å²) in [4.78, 5) is 27.6. The zero-order chi connectivity index (χ0) is 17.1. The van der Waals surface area contributed by atoms with E-state index in [4.69, 9.17) is 0 Å². The van der Waals surface area contributed by atoms with Gasteiger partial charge in [0, 0.05) is 49.8 Å². The van der Waals surface area contributed by atoms with Gasteiger partial charge in [0.2, 0.25) is 5.91 Å². The van der Waals surface area contributed by atoms with Gasteiger partial charge in [0.25, 0.3) is 0 Å². The van der Waals surface area contributed by atoms with Crippen molar-refractivity contribution < 1.29 is 4.79 Å². The maximum Gasteiger partial charge on any atom is 0.223 e. The summed E-state index contributed by atoms with van der Waals surface area (Å²) in [5.41, 5.74) is 0. The number of hydrogen-bond acceptors (Lipinski definition) is 5. The summed E-state index contributed by atoms with van der Waals surface area (Å²) in [7, 11) is 0. The molecule has 7 nitrogen and oxygen atoms in total. The molecule has 132 valence electrons. The number of anilines is 1. The molecule has 0 radical (unpaired) electrons. The monoisotopic (exact) mass is 340 g/mol. The summed E-state index contributed by atoms with van der Waals surface area (Å²) < 4.78 is 2.13. The second-order valence-corrected chi connectivity index (χ2v) is 6.95. The molecule has 1 saturated heterocycles. The summed E-state index contributed by atoms with van der Waals surface area (Å²) >= 11 is 0. The van der Waals surface area contributed by atoms with E-state index in [0.29, 0.717) is 6.04 Å². The van der Waals surface area contributed by atoms with Crippen LogP contribution < -0.4 is 10.2 Å². The first kappa shape index (κ1) is 16.1. The SMILES string of the molecule is O=C(N[C@@H]1CCC[C@@H]1n1ccnc1)C1CCN(c2cnccn2)CC1. The van der Waals surface area contributed by atoms with Gasteiger partial charge in [-0.3, -0.25) is 9.78 Å². The van der Waals surface area contributed by atoms with E-state index in [1.165, 1.54) is 0 Å². The van der Waals surface area contributed by atoms with Gasteiger partial charge in [-0.25, -0.2) is 9.97 Å². The van der Waals surface area contributed by atoms with E-state index in [0.717, 1.165) is 51.0 Å². The number of rotatable bonds is 4. The molecule has 4 rings (SSSR count). The molecule has 1 saturated carbocycles. The maximum atomic E-state index is 12.7. The number of aromatic nitrogens is 4. The molecule has 7 heteroatoms. The maximum absolute atomic E-state index is 12.7. The Balaban J connectivity index is 1.32. The summed E-state index contributed by atoms with van der Waals surface area (Å²) in [6.45, 7) is 1.71. The molecule has 2 aliphatic rings. The highest BCUT2D eigenvalue weighted by molar-refractivity contribution is 5.79. The van der Waals surface area contributed by atoms with Crippen molar-refractivity contribution in [2.45, 2.75) is 44.2 Å². The fourth-order valence-electron chi connectivity index (χ4n) is 4.06. The topological polar surface area (TPSA) is 75.9 Å². The quantitative estimate of drug-likeness (QED) is 0.918. The highest BCUT2D eigenvalue weighted by atomic mass is 16.2. The third-order valence-corrected chi connectivity index (χ3v) is 5.45. The van der Waals surface area contributed by atoms with E-state index < -0.39 is 0 Å².